The number of benzene rings is 1. The maximum atomic E-state index is 13.9. The van der Waals surface area contributed by atoms with Crippen molar-refractivity contribution >= 4 is 27.7 Å². The van der Waals surface area contributed by atoms with Crippen LogP contribution in [0.15, 0.2) is 23.1 Å². The van der Waals surface area contributed by atoms with Gasteiger partial charge in [0, 0.05) is 63.0 Å². The minimum absolute atomic E-state index is 0.0653. The van der Waals surface area contributed by atoms with Crippen molar-refractivity contribution in [3.63, 3.8) is 0 Å². The average Bonchev–Trinajstić information content (AvgIpc) is 3.39. The average molecular weight is 522 g/mol. The topological polar surface area (TPSA) is 92.7 Å². The summed E-state index contributed by atoms with van der Waals surface area (Å²) < 4.78 is 13.1. The van der Waals surface area contributed by atoms with Crippen LogP contribution in [0.2, 0.25) is 0 Å². The van der Waals surface area contributed by atoms with Crippen molar-refractivity contribution in [2.45, 2.75) is 76.6 Å². The molecule has 2 aliphatic heterocycles. The summed E-state index contributed by atoms with van der Waals surface area (Å²) in [5.74, 6) is 0.0653. The number of carbonyl (C=O) groups is 1. The number of ether oxygens (including phenoxy) is 2. The number of fused-ring (bicyclic) bond motifs is 3. The zero-order chi connectivity index (χ0) is 26.4. The zero-order valence-electron chi connectivity index (χ0n) is 22.7. The van der Waals surface area contributed by atoms with Gasteiger partial charge in [-0.25, -0.2) is 0 Å². The minimum atomic E-state index is -0.145. The summed E-state index contributed by atoms with van der Waals surface area (Å²) >= 11 is 0. The SMILES string of the molecule is COC1CCC(N2CCN(C(=O)c3cc4c(cc3C)[nH]c(=O)c3cnn(C5CCOCC5)c34)C[C@@H]2C)CC1. The molecule has 9 heteroatoms. The van der Waals surface area contributed by atoms with Gasteiger partial charge in [-0.15, -0.1) is 0 Å². The third-order valence-corrected chi connectivity index (χ3v) is 9.09. The molecule has 6 rings (SSSR count). The highest BCUT2D eigenvalue weighted by atomic mass is 16.5. The van der Waals surface area contributed by atoms with Crippen LogP contribution in [-0.2, 0) is 9.47 Å². The zero-order valence-corrected chi connectivity index (χ0v) is 22.7. The van der Waals surface area contributed by atoms with E-state index < -0.39 is 0 Å². The van der Waals surface area contributed by atoms with Crippen LogP contribution in [-0.4, -0.2) is 88.6 Å². The molecule has 3 aromatic rings. The van der Waals surface area contributed by atoms with E-state index in [0.717, 1.165) is 80.1 Å². The molecule has 4 heterocycles. The molecule has 1 saturated carbocycles. The first kappa shape index (κ1) is 25.5. The fourth-order valence-electron chi connectivity index (χ4n) is 6.91. The van der Waals surface area contributed by atoms with Crippen molar-refractivity contribution < 1.29 is 14.3 Å². The Balaban J connectivity index is 1.28. The van der Waals surface area contributed by atoms with Gasteiger partial charge in [0.15, 0.2) is 0 Å². The molecule has 1 atom stereocenters. The Morgan fingerprint density at radius 3 is 2.53 bits per heavy atom. The van der Waals surface area contributed by atoms with E-state index in [1.165, 1.54) is 0 Å². The maximum Gasteiger partial charge on any atom is 0.259 e. The molecule has 0 radical (unpaired) electrons. The molecule has 3 aliphatic rings. The summed E-state index contributed by atoms with van der Waals surface area (Å²) in [6, 6.07) is 4.99. The molecule has 3 fully saturated rings. The Morgan fingerprint density at radius 2 is 1.82 bits per heavy atom. The Labute approximate surface area is 223 Å². The van der Waals surface area contributed by atoms with Crippen LogP contribution in [0.5, 0.6) is 0 Å². The fourth-order valence-corrected chi connectivity index (χ4v) is 6.91. The van der Waals surface area contributed by atoms with Crippen molar-refractivity contribution in [2.24, 2.45) is 0 Å². The van der Waals surface area contributed by atoms with E-state index >= 15 is 0 Å². The first-order chi connectivity index (χ1) is 18.4. The number of aromatic amines is 1. The van der Waals surface area contributed by atoms with Gasteiger partial charge >= 0.3 is 0 Å². The van der Waals surface area contributed by atoms with Crippen LogP contribution in [0.1, 0.15) is 67.4 Å². The number of nitrogens with zero attached hydrogens (tertiary/aromatic N) is 4. The second-order valence-electron chi connectivity index (χ2n) is 11.4. The molecule has 38 heavy (non-hydrogen) atoms. The third-order valence-electron chi connectivity index (χ3n) is 9.09. The second-order valence-corrected chi connectivity index (χ2v) is 11.4. The monoisotopic (exact) mass is 521 g/mol. The van der Waals surface area contributed by atoms with Crippen molar-refractivity contribution in [1.82, 2.24) is 24.6 Å². The summed E-state index contributed by atoms with van der Waals surface area (Å²) in [4.78, 5) is 34.4. The lowest BCUT2D eigenvalue weighted by molar-refractivity contribution is 0.00274. The lowest BCUT2D eigenvalue weighted by Gasteiger charge is -2.46. The molecule has 1 N–H and O–H groups in total. The third kappa shape index (κ3) is 4.54. The van der Waals surface area contributed by atoms with Gasteiger partial charge in [0.25, 0.3) is 11.5 Å². The highest BCUT2D eigenvalue weighted by molar-refractivity contribution is 6.07. The van der Waals surface area contributed by atoms with E-state index in [9.17, 15) is 9.59 Å². The maximum absolute atomic E-state index is 13.9. The lowest BCUT2D eigenvalue weighted by Crippen LogP contribution is -2.57. The normalized spacial score (nSPS) is 25.9. The Morgan fingerprint density at radius 1 is 1.05 bits per heavy atom. The van der Waals surface area contributed by atoms with Crippen molar-refractivity contribution in [3.8, 4) is 0 Å². The van der Waals surface area contributed by atoms with Gasteiger partial charge < -0.3 is 19.4 Å². The van der Waals surface area contributed by atoms with E-state index in [1.54, 1.807) is 6.20 Å². The number of rotatable bonds is 4. The lowest BCUT2D eigenvalue weighted by atomic mass is 9.90. The number of aromatic nitrogens is 3. The van der Waals surface area contributed by atoms with Gasteiger partial charge in [0.05, 0.1) is 34.8 Å². The molecule has 1 aliphatic carbocycles. The summed E-state index contributed by atoms with van der Waals surface area (Å²) in [5, 5.41) is 6.06. The standard InChI is InChI=1S/C29H39N5O4/c1-18-14-26-24(27-25(28(35)31-26)16-30-34(27)21-8-12-38-13-9-21)15-23(18)29(36)32-10-11-33(19(2)17-32)20-4-6-22(37-3)7-5-20/h14-16,19-22H,4-13,17H2,1-3H3,(H,31,35)/t19-,20?,22?/m0/s1. The number of carbonyl (C=O) groups excluding carboxylic acids is 1. The molecule has 2 saturated heterocycles. The molecule has 204 valence electrons. The highest BCUT2D eigenvalue weighted by Crippen LogP contribution is 2.31. The first-order valence-corrected chi connectivity index (χ1v) is 14.1. The number of amides is 1. The smallest absolute Gasteiger partial charge is 0.259 e. The molecule has 2 aromatic heterocycles. The molecule has 1 amide bonds. The van der Waals surface area contributed by atoms with Crippen LogP contribution >= 0.6 is 0 Å². The van der Waals surface area contributed by atoms with E-state index in [-0.39, 0.29) is 17.5 Å². The molecule has 0 spiro atoms. The van der Waals surface area contributed by atoms with Gasteiger partial charge in [0.1, 0.15) is 0 Å². The van der Waals surface area contributed by atoms with E-state index in [2.05, 4.69) is 21.9 Å². The summed E-state index contributed by atoms with van der Waals surface area (Å²) in [6.07, 6.45) is 8.32. The number of aryl methyl sites for hydroxylation is 1. The van der Waals surface area contributed by atoms with Crippen LogP contribution in [0.25, 0.3) is 21.8 Å². The van der Waals surface area contributed by atoms with E-state index in [0.29, 0.717) is 42.4 Å². The second kappa shape index (κ2) is 10.4. The first-order valence-electron chi connectivity index (χ1n) is 14.1. The molecular formula is C29H39N5O4. The summed E-state index contributed by atoms with van der Waals surface area (Å²) in [5.41, 5.74) is 2.99. The van der Waals surface area contributed by atoms with Gasteiger partial charge in [-0.1, -0.05) is 0 Å². The summed E-state index contributed by atoms with van der Waals surface area (Å²) in [7, 11) is 1.81. The predicted octanol–water partition coefficient (Wildman–Crippen LogP) is 3.64. The van der Waals surface area contributed by atoms with Crippen molar-refractivity contribution in [3.05, 3.63) is 39.8 Å². The molecule has 1 aromatic carbocycles. The number of nitrogens with one attached hydrogen (secondary N) is 1. The van der Waals surface area contributed by atoms with Gasteiger partial charge in [0.2, 0.25) is 0 Å². The highest BCUT2D eigenvalue weighted by Gasteiger charge is 2.34. The van der Waals surface area contributed by atoms with Crippen LogP contribution in [0.4, 0.5) is 0 Å². The largest absolute Gasteiger partial charge is 0.381 e. The van der Waals surface area contributed by atoms with E-state index in [4.69, 9.17) is 9.47 Å². The fraction of sp³-hybridized carbons (Fsp3) is 0.621. The Kier molecular flexibility index (Phi) is 7.01. The molecule has 9 nitrogen and oxygen atoms in total. The number of methoxy groups -OCH3 is 1. The van der Waals surface area contributed by atoms with Crippen LogP contribution in [0, 0.1) is 6.92 Å². The van der Waals surface area contributed by atoms with Gasteiger partial charge in [-0.05, 0) is 70.1 Å². The molecule has 0 bridgehead atoms. The number of hydrogen-bond donors (Lipinski definition) is 1. The minimum Gasteiger partial charge on any atom is -0.381 e. The number of pyridine rings is 1. The number of piperazine rings is 1. The van der Waals surface area contributed by atoms with Crippen molar-refractivity contribution in [1.29, 1.82) is 0 Å². The predicted molar refractivity (Wildman–Crippen MR) is 147 cm³/mol. The Hall–Kier alpha value is -2.75. The van der Waals surface area contributed by atoms with Crippen LogP contribution < -0.4 is 5.56 Å². The quantitative estimate of drug-likeness (QED) is 0.564. The number of hydrogen-bond acceptors (Lipinski definition) is 6. The Bertz CT molecular complexity index is 1380. The van der Waals surface area contributed by atoms with Gasteiger partial charge in [-0.2, -0.15) is 5.10 Å². The summed E-state index contributed by atoms with van der Waals surface area (Å²) in [6.45, 7) is 7.93. The van der Waals surface area contributed by atoms with Crippen LogP contribution in [0.3, 0.4) is 0 Å². The van der Waals surface area contributed by atoms with Crippen molar-refractivity contribution in [2.75, 3.05) is 40.0 Å². The molecule has 0 unspecified atom stereocenters. The van der Waals surface area contributed by atoms with E-state index in [1.807, 2.05) is 35.7 Å². The van der Waals surface area contributed by atoms with Gasteiger partial charge in [-0.3, -0.25) is 19.2 Å². The number of H-pyrrole nitrogens is 1. The molecular weight excluding hydrogens is 482 g/mol.